The van der Waals surface area contributed by atoms with Gasteiger partial charge >= 0.3 is 0 Å². The molecule has 1 aromatic carbocycles. The quantitative estimate of drug-likeness (QED) is 0.817. The van der Waals surface area contributed by atoms with Crippen molar-refractivity contribution < 1.29 is 4.74 Å². The molecule has 0 spiro atoms. The van der Waals surface area contributed by atoms with Gasteiger partial charge < -0.3 is 10.1 Å². The lowest BCUT2D eigenvalue weighted by molar-refractivity contribution is 0.251. The summed E-state index contributed by atoms with van der Waals surface area (Å²) in [4.78, 5) is 0. The van der Waals surface area contributed by atoms with Crippen LogP contribution in [-0.4, -0.2) is 19.7 Å². The predicted octanol–water partition coefficient (Wildman–Crippen LogP) is 3.53. The maximum absolute atomic E-state index is 5.64. The van der Waals surface area contributed by atoms with Gasteiger partial charge in [0.05, 0.1) is 0 Å². The topological polar surface area (TPSA) is 21.3 Å². The number of piperidine rings is 1. The first-order valence-corrected chi connectivity index (χ1v) is 7.19. The van der Waals surface area contributed by atoms with E-state index in [0.717, 1.165) is 18.8 Å². The van der Waals surface area contributed by atoms with Gasteiger partial charge in [-0.3, -0.25) is 0 Å². The first-order valence-electron chi connectivity index (χ1n) is 7.19. The third-order valence-corrected chi connectivity index (χ3v) is 4.26. The van der Waals surface area contributed by atoms with Crippen LogP contribution in [0.5, 0.6) is 5.75 Å². The fraction of sp³-hybridized carbons (Fsp3) is 0.529. The predicted molar refractivity (Wildman–Crippen MR) is 80.8 cm³/mol. The summed E-state index contributed by atoms with van der Waals surface area (Å²) in [5.74, 6) is 1.63. The van der Waals surface area contributed by atoms with Crippen LogP contribution in [0.4, 0.5) is 0 Å². The minimum absolute atomic E-state index is 0.182. The molecule has 1 heterocycles. The van der Waals surface area contributed by atoms with Crippen LogP contribution >= 0.6 is 0 Å². The molecule has 0 aliphatic carbocycles. The summed E-state index contributed by atoms with van der Waals surface area (Å²) in [6.07, 6.45) is 4.36. The number of ether oxygens (including phenoxy) is 1. The number of rotatable bonds is 5. The zero-order valence-corrected chi connectivity index (χ0v) is 12.1. The maximum Gasteiger partial charge on any atom is 0.120 e. The molecule has 0 saturated carbocycles. The zero-order chi connectivity index (χ0) is 13.7. The van der Waals surface area contributed by atoms with Gasteiger partial charge in [0.25, 0.3) is 0 Å². The van der Waals surface area contributed by atoms with Crippen LogP contribution in [0.2, 0.25) is 0 Å². The van der Waals surface area contributed by atoms with Crippen LogP contribution in [0, 0.1) is 5.92 Å². The molecule has 0 aromatic heterocycles. The van der Waals surface area contributed by atoms with Gasteiger partial charge in [-0.15, -0.1) is 0 Å². The van der Waals surface area contributed by atoms with Crippen LogP contribution in [-0.2, 0) is 5.41 Å². The second kappa shape index (κ2) is 6.25. The lowest BCUT2D eigenvalue weighted by Gasteiger charge is -2.38. The van der Waals surface area contributed by atoms with E-state index in [2.05, 4.69) is 43.9 Å². The van der Waals surface area contributed by atoms with Crippen LogP contribution in [0.1, 0.15) is 32.3 Å². The Morgan fingerprint density at radius 3 is 3.00 bits per heavy atom. The van der Waals surface area contributed by atoms with Crippen molar-refractivity contribution in [1.82, 2.24) is 5.32 Å². The molecule has 2 rings (SSSR count). The van der Waals surface area contributed by atoms with Gasteiger partial charge in [-0.25, -0.2) is 0 Å². The van der Waals surface area contributed by atoms with Gasteiger partial charge in [-0.1, -0.05) is 38.6 Å². The maximum atomic E-state index is 5.64. The monoisotopic (exact) mass is 259 g/mol. The molecule has 1 aliphatic heterocycles. The van der Waals surface area contributed by atoms with Crippen molar-refractivity contribution in [2.24, 2.45) is 5.92 Å². The Kier molecular flexibility index (Phi) is 4.65. The van der Waals surface area contributed by atoms with E-state index < -0.39 is 0 Å². The lowest BCUT2D eigenvalue weighted by atomic mass is 9.70. The third kappa shape index (κ3) is 3.38. The highest BCUT2D eigenvalue weighted by molar-refractivity contribution is 5.34. The second-order valence-electron chi connectivity index (χ2n) is 5.89. The zero-order valence-electron chi connectivity index (χ0n) is 12.1. The number of hydrogen-bond acceptors (Lipinski definition) is 2. The van der Waals surface area contributed by atoms with Gasteiger partial charge in [0.2, 0.25) is 0 Å². The molecule has 19 heavy (non-hydrogen) atoms. The number of nitrogens with one attached hydrogen (secondary N) is 1. The molecule has 1 saturated heterocycles. The van der Waals surface area contributed by atoms with E-state index in [1.54, 1.807) is 6.08 Å². The van der Waals surface area contributed by atoms with E-state index in [1.807, 2.05) is 6.07 Å². The summed E-state index contributed by atoms with van der Waals surface area (Å²) in [6, 6.07) is 8.50. The molecule has 1 unspecified atom stereocenters. The Morgan fingerprint density at radius 2 is 2.32 bits per heavy atom. The van der Waals surface area contributed by atoms with Gasteiger partial charge in [-0.2, -0.15) is 0 Å². The van der Waals surface area contributed by atoms with Crippen LogP contribution in [0.15, 0.2) is 36.9 Å². The van der Waals surface area contributed by atoms with E-state index in [-0.39, 0.29) is 5.41 Å². The van der Waals surface area contributed by atoms with E-state index in [4.69, 9.17) is 4.74 Å². The summed E-state index contributed by atoms with van der Waals surface area (Å²) in [5.41, 5.74) is 1.55. The van der Waals surface area contributed by atoms with E-state index >= 15 is 0 Å². The average Bonchev–Trinajstić information content (AvgIpc) is 2.46. The van der Waals surface area contributed by atoms with Crippen molar-refractivity contribution in [3.8, 4) is 5.75 Å². The molecule has 0 amide bonds. The summed E-state index contributed by atoms with van der Waals surface area (Å²) < 4.78 is 5.64. The standard InChI is InChI=1S/C17H25NO/c1-4-11-19-16-9-5-7-14(12-16)17(2,3)15-8-6-10-18-13-15/h4-5,7,9,12,15,18H,1,6,8,10-11,13H2,2-3H3. The molecule has 0 bridgehead atoms. The highest BCUT2D eigenvalue weighted by Crippen LogP contribution is 2.36. The Hall–Kier alpha value is -1.28. The molecule has 1 atom stereocenters. The summed E-state index contributed by atoms with van der Waals surface area (Å²) >= 11 is 0. The normalized spacial score (nSPS) is 20.0. The molecule has 0 radical (unpaired) electrons. The Balaban J connectivity index is 2.16. The van der Waals surface area contributed by atoms with Crippen molar-refractivity contribution in [2.45, 2.75) is 32.1 Å². The fourth-order valence-electron chi connectivity index (χ4n) is 2.85. The van der Waals surface area contributed by atoms with Crippen LogP contribution < -0.4 is 10.1 Å². The minimum atomic E-state index is 0.182. The van der Waals surface area contributed by atoms with E-state index in [0.29, 0.717) is 12.5 Å². The van der Waals surface area contributed by atoms with Gasteiger partial charge in [0.1, 0.15) is 12.4 Å². The average molecular weight is 259 g/mol. The Bertz CT molecular complexity index is 419. The molecular formula is C17H25NO. The second-order valence-corrected chi connectivity index (χ2v) is 5.89. The minimum Gasteiger partial charge on any atom is -0.490 e. The van der Waals surface area contributed by atoms with Crippen LogP contribution in [0.3, 0.4) is 0 Å². The number of benzene rings is 1. The molecule has 1 aromatic rings. The lowest BCUT2D eigenvalue weighted by Crippen LogP contribution is -2.40. The molecule has 104 valence electrons. The first kappa shape index (κ1) is 14.1. The van der Waals surface area contributed by atoms with Gasteiger partial charge in [0, 0.05) is 0 Å². The van der Waals surface area contributed by atoms with Crippen molar-refractivity contribution in [1.29, 1.82) is 0 Å². The molecule has 2 nitrogen and oxygen atoms in total. The SMILES string of the molecule is C=CCOc1cccc(C(C)(C)C2CCCNC2)c1. The summed E-state index contributed by atoms with van der Waals surface area (Å²) in [7, 11) is 0. The fourth-order valence-corrected chi connectivity index (χ4v) is 2.85. The van der Waals surface area contributed by atoms with Crippen LogP contribution in [0.25, 0.3) is 0 Å². The van der Waals surface area contributed by atoms with E-state index in [1.165, 1.54) is 18.4 Å². The highest BCUT2D eigenvalue weighted by atomic mass is 16.5. The van der Waals surface area contributed by atoms with Crippen molar-refractivity contribution in [3.05, 3.63) is 42.5 Å². The molecule has 1 fully saturated rings. The summed E-state index contributed by atoms with van der Waals surface area (Å²) in [6.45, 7) is 11.2. The van der Waals surface area contributed by atoms with Crippen molar-refractivity contribution >= 4 is 0 Å². The van der Waals surface area contributed by atoms with Gasteiger partial charge in [0.15, 0.2) is 0 Å². The Labute approximate surface area is 116 Å². The molecule has 1 N–H and O–H groups in total. The van der Waals surface area contributed by atoms with Crippen molar-refractivity contribution in [2.75, 3.05) is 19.7 Å². The highest BCUT2D eigenvalue weighted by Gasteiger charge is 2.32. The number of hydrogen-bond donors (Lipinski definition) is 1. The molecular weight excluding hydrogens is 234 g/mol. The third-order valence-electron chi connectivity index (χ3n) is 4.26. The van der Waals surface area contributed by atoms with Crippen molar-refractivity contribution in [3.63, 3.8) is 0 Å². The van der Waals surface area contributed by atoms with Gasteiger partial charge in [-0.05, 0) is 55.0 Å². The molecule has 1 aliphatic rings. The largest absolute Gasteiger partial charge is 0.490 e. The smallest absolute Gasteiger partial charge is 0.120 e. The Morgan fingerprint density at radius 1 is 1.47 bits per heavy atom. The summed E-state index contributed by atoms with van der Waals surface area (Å²) in [5, 5.41) is 3.52. The first-order chi connectivity index (χ1) is 9.14. The van der Waals surface area contributed by atoms with E-state index in [9.17, 15) is 0 Å². The molecule has 2 heteroatoms.